The van der Waals surface area contributed by atoms with E-state index in [2.05, 4.69) is 20.3 Å². The highest BCUT2D eigenvalue weighted by molar-refractivity contribution is 7.99. The van der Waals surface area contributed by atoms with Crippen molar-refractivity contribution in [3.63, 3.8) is 0 Å². The van der Waals surface area contributed by atoms with E-state index in [4.69, 9.17) is 4.99 Å². The second-order valence-electron chi connectivity index (χ2n) is 6.87. The molecule has 1 aliphatic rings. The zero-order valence-corrected chi connectivity index (χ0v) is 17.2. The highest BCUT2D eigenvalue weighted by atomic mass is 32.2. The summed E-state index contributed by atoms with van der Waals surface area (Å²) in [6.07, 6.45) is 6.77. The molecule has 5 rings (SSSR count). The minimum Gasteiger partial charge on any atom is -0.348 e. The molecule has 0 atom stereocenters. The van der Waals surface area contributed by atoms with Crippen LogP contribution in [0.15, 0.2) is 100 Å². The predicted octanol–water partition coefficient (Wildman–Crippen LogP) is 4.44. The van der Waals surface area contributed by atoms with Crippen molar-refractivity contribution in [3.05, 3.63) is 108 Å². The SMILES string of the molecule is O=C(NCc1cccnc1)c1cnc2c(c1)N=C(c1ccccn1)c1ccccc1S2. The lowest BCUT2D eigenvalue weighted by Crippen LogP contribution is -2.23. The molecule has 0 saturated carbocycles. The molecule has 7 heteroatoms. The fraction of sp³-hybridized carbons (Fsp3) is 0.0417. The van der Waals surface area contributed by atoms with E-state index in [1.807, 2.05) is 54.6 Å². The summed E-state index contributed by atoms with van der Waals surface area (Å²) in [5.41, 5.74) is 4.56. The first-order valence-electron chi connectivity index (χ1n) is 9.72. The molecule has 4 aromatic rings. The number of fused-ring (bicyclic) bond motifs is 2. The molecule has 6 nitrogen and oxygen atoms in total. The van der Waals surface area contributed by atoms with Crippen LogP contribution in [0, 0.1) is 0 Å². The third kappa shape index (κ3) is 4.08. The number of carbonyl (C=O) groups is 1. The van der Waals surface area contributed by atoms with E-state index in [1.54, 1.807) is 30.9 Å². The number of benzene rings is 1. The molecular weight excluding hydrogens is 406 g/mol. The molecule has 3 aromatic heterocycles. The Kier molecular flexibility index (Phi) is 5.24. The third-order valence-corrected chi connectivity index (χ3v) is 5.84. The Morgan fingerprint density at radius 1 is 0.935 bits per heavy atom. The highest BCUT2D eigenvalue weighted by Gasteiger charge is 2.21. The van der Waals surface area contributed by atoms with Crippen molar-refractivity contribution in [1.29, 1.82) is 0 Å². The Morgan fingerprint density at radius 2 is 1.84 bits per heavy atom. The fourth-order valence-corrected chi connectivity index (χ4v) is 4.19. The van der Waals surface area contributed by atoms with E-state index in [-0.39, 0.29) is 5.91 Å². The first-order valence-corrected chi connectivity index (χ1v) is 10.5. The number of rotatable bonds is 4. The lowest BCUT2D eigenvalue weighted by Gasteiger charge is -2.07. The Bertz CT molecular complexity index is 1280. The zero-order chi connectivity index (χ0) is 21.0. The maximum Gasteiger partial charge on any atom is 0.253 e. The van der Waals surface area contributed by atoms with Gasteiger partial charge in [0.2, 0.25) is 0 Å². The molecule has 1 amide bonds. The van der Waals surface area contributed by atoms with Crippen molar-refractivity contribution in [2.45, 2.75) is 16.5 Å². The number of pyridine rings is 3. The van der Waals surface area contributed by atoms with Gasteiger partial charge in [0.05, 0.1) is 22.7 Å². The van der Waals surface area contributed by atoms with Gasteiger partial charge < -0.3 is 5.32 Å². The van der Waals surface area contributed by atoms with Gasteiger partial charge in [0, 0.05) is 41.8 Å². The van der Waals surface area contributed by atoms with Gasteiger partial charge in [-0.05, 0) is 35.9 Å². The summed E-state index contributed by atoms with van der Waals surface area (Å²) in [7, 11) is 0. The number of amides is 1. The Balaban J connectivity index is 1.51. The normalized spacial score (nSPS) is 12.2. The number of carbonyl (C=O) groups excluding carboxylic acids is 1. The van der Waals surface area contributed by atoms with Gasteiger partial charge in [-0.3, -0.25) is 14.8 Å². The van der Waals surface area contributed by atoms with Crippen LogP contribution in [0.5, 0.6) is 0 Å². The maximum absolute atomic E-state index is 12.7. The monoisotopic (exact) mass is 423 g/mol. The van der Waals surface area contributed by atoms with Crippen molar-refractivity contribution < 1.29 is 4.79 Å². The molecule has 1 N–H and O–H groups in total. The van der Waals surface area contributed by atoms with E-state index >= 15 is 0 Å². The molecule has 0 spiro atoms. The van der Waals surface area contributed by atoms with Gasteiger partial charge in [-0.15, -0.1) is 0 Å². The van der Waals surface area contributed by atoms with Crippen LogP contribution in [-0.4, -0.2) is 26.6 Å². The molecule has 1 aliphatic heterocycles. The van der Waals surface area contributed by atoms with Gasteiger partial charge in [-0.1, -0.05) is 42.1 Å². The van der Waals surface area contributed by atoms with Crippen LogP contribution in [-0.2, 0) is 6.54 Å². The van der Waals surface area contributed by atoms with Gasteiger partial charge in [0.1, 0.15) is 5.03 Å². The quantitative estimate of drug-likeness (QED) is 0.462. The lowest BCUT2D eigenvalue weighted by molar-refractivity contribution is 0.0950. The summed E-state index contributed by atoms with van der Waals surface area (Å²) in [6, 6.07) is 19.3. The number of nitrogens with zero attached hydrogens (tertiary/aromatic N) is 4. The summed E-state index contributed by atoms with van der Waals surface area (Å²) in [5.74, 6) is -0.208. The second kappa shape index (κ2) is 8.49. The van der Waals surface area contributed by atoms with E-state index in [9.17, 15) is 4.79 Å². The van der Waals surface area contributed by atoms with Crippen molar-refractivity contribution in [1.82, 2.24) is 20.3 Å². The maximum atomic E-state index is 12.7. The van der Waals surface area contributed by atoms with Crippen molar-refractivity contribution in [2.24, 2.45) is 4.99 Å². The predicted molar refractivity (Wildman–Crippen MR) is 120 cm³/mol. The number of aliphatic imine (C=N–C) groups is 1. The van der Waals surface area contributed by atoms with Crippen molar-refractivity contribution in [3.8, 4) is 0 Å². The van der Waals surface area contributed by atoms with Crippen LogP contribution in [0.2, 0.25) is 0 Å². The number of aromatic nitrogens is 3. The average Bonchev–Trinajstić information content (AvgIpc) is 3.00. The largest absolute Gasteiger partial charge is 0.348 e. The van der Waals surface area contributed by atoms with Gasteiger partial charge in [-0.2, -0.15) is 0 Å². The summed E-state index contributed by atoms with van der Waals surface area (Å²) in [5, 5.41) is 3.66. The molecule has 150 valence electrons. The molecular formula is C24H17N5OS. The van der Waals surface area contributed by atoms with Crippen LogP contribution in [0.1, 0.15) is 27.2 Å². The molecule has 0 aliphatic carbocycles. The van der Waals surface area contributed by atoms with Gasteiger partial charge >= 0.3 is 0 Å². The first kappa shape index (κ1) is 19.1. The van der Waals surface area contributed by atoms with Crippen LogP contribution in [0.3, 0.4) is 0 Å². The fourth-order valence-electron chi connectivity index (χ4n) is 3.24. The van der Waals surface area contributed by atoms with E-state index < -0.39 is 0 Å². The van der Waals surface area contributed by atoms with E-state index in [1.165, 1.54) is 11.8 Å². The summed E-state index contributed by atoms with van der Waals surface area (Å²) in [6.45, 7) is 0.395. The van der Waals surface area contributed by atoms with Crippen molar-refractivity contribution in [2.75, 3.05) is 0 Å². The van der Waals surface area contributed by atoms with Gasteiger partial charge in [0.25, 0.3) is 5.91 Å². The third-order valence-electron chi connectivity index (χ3n) is 4.76. The molecule has 1 aromatic carbocycles. The van der Waals surface area contributed by atoms with Crippen LogP contribution in [0.4, 0.5) is 5.69 Å². The van der Waals surface area contributed by atoms with Crippen LogP contribution in [0.25, 0.3) is 0 Å². The van der Waals surface area contributed by atoms with Gasteiger partial charge in [0.15, 0.2) is 0 Å². The average molecular weight is 424 g/mol. The minimum absolute atomic E-state index is 0.208. The Labute approximate surface area is 183 Å². The van der Waals surface area contributed by atoms with E-state index in [0.29, 0.717) is 17.8 Å². The zero-order valence-electron chi connectivity index (χ0n) is 16.4. The molecule has 0 radical (unpaired) electrons. The summed E-state index contributed by atoms with van der Waals surface area (Å²) in [4.78, 5) is 31.8. The molecule has 0 saturated heterocycles. The summed E-state index contributed by atoms with van der Waals surface area (Å²) < 4.78 is 0. The Morgan fingerprint density at radius 3 is 2.68 bits per heavy atom. The topological polar surface area (TPSA) is 80.1 Å². The van der Waals surface area contributed by atoms with Crippen molar-refractivity contribution >= 4 is 29.1 Å². The lowest BCUT2D eigenvalue weighted by atomic mass is 10.1. The molecule has 0 fully saturated rings. The summed E-state index contributed by atoms with van der Waals surface area (Å²) >= 11 is 1.54. The molecule has 0 bridgehead atoms. The van der Waals surface area contributed by atoms with E-state index in [0.717, 1.165) is 32.5 Å². The second-order valence-corrected chi connectivity index (χ2v) is 7.90. The molecule has 31 heavy (non-hydrogen) atoms. The molecule has 4 heterocycles. The van der Waals surface area contributed by atoms with Crippen LogP contribution >= 0.6 is 11.8 Å². The number of hydrogen-bond donors (Lipinski definition) is 1. The minimum atomic E-state index is -0.208. The van der Waals surface area contributed by atoms with Gasteiger partial charge in [-0.25, -0.2) is 9.98 Å². The number of nitrogens with one attached hydrogen (secondary N) is 1. The van der Waals surface area contributed by atoms with Crippen LogP contribution < -0.4 is 5.32 Å². The standard InChI is InChI=1S/C24H17N5OS/c30-23(27-14-16-6-5-10-25-13-16)17-12-20-24(28-15-17)31-21-9-2-1-7-18(21)22(29-20)19-8-3-4-11-26-19/h1-13,15H,14H2,(H,27,30). The Hall–Kier alpha value is -3.84. The highest BCUT2D eigenvalue weighted by Crippen LogP contribution is 2.40. The first-order chi connectivity index (χ1) is 15.3. The smallest absolute Gasteiger partial charge is 0.253 e. The molecule has 0 unspecified atom stereocenters. The number of hydrogen-bond acceptors (Lipinski definition) is 6.